The summed E-state index contributed by atoms with van der Waals surface area (Å²) in [5.74, 6) is 0. The Kier molecular flexibility index (Phi) is 17.1. The molecule has 0 fully saturated rings. The van der Waals surface area contributed by atoms with Gasteiger partial charge in [0.25, 0.3) is 0 Å². The van der Waals surface area contributed by atoms with Crippen LogP contribution < -0.4 is 0 Å². The molecule has 0 aromatic heterocycles. The molecule has 0 bridgehead atoms. The lowest BCUT2D eigenvalue weighted by Gasteiger charge is -2.00. The third-order valence-electron chi connectivity index (χ3n) is 3.06. The Labute approximate surface area is 138 Å². The van der Waals surface area contributed by atoms with Crippen molar-refractivity contribution in [3.05, 3.63) is 46.6 Å². The zero-order valence-corrected chi connectivity index (χ0v) is 15.4. The fourth-order valence-electron chi connectivity index (χ4n) is 1.68. The fraction of sp³-hybridized carbons (Fsp3) is 0.600. The average molecular weight is 309 g/mol. The van der Waals surface area contributed by atoms with Gasteiger partial charge in [0.1, 0.15) is 0 Å². The monoisotopic (exact) mass is 308 g/mol. The van der Waals surface area contributed by atoms with E-state index in [1.807, 2.05) is 19.9 Å². The van der Waals surface area contributed by atoms with Crippen molar-refractivity contribution in [1.82, 2.24) is 0 Å². The van der Waals surface area contributed by atoms with Crippen LogP contribution in [0.3, 0.4) is 0 Å². The summed E-state index contributed by atoms with van der Waals surface area (Å²) >= 11 is 0. The van der Waals surface area contributed by atoms with E-state index in [0.29, 0.717) is 0 Å². The second kappa shape index (κ2) is 16.3. The number of allylic oxidation sites excluding steroid dienone is 6. The van der Waals surface area contributed by atoms with E-state index in [0.717, 1.165) is 31.3 Å². The molecule has 0 aliphatic heterocycles. The third-order valence-corrected chi connectivity index (χ3v) is 3.06. The molecule has 0 rings (SSSR count). The van der Waals surface area contributed by atoms with E-state index in [4.69, 9.17) is 10.2 Å². The average Bonchev–Trinajstić information content (AvgIpc) is 2.39. The van der Waals surface area contributed by atoms with Gasteiger partial charge >= 0.3 is 0 Å². The minimum atomic E-state index is 0.162. The molecule has 22 heavy (non-hydrogen) atoms. The maximum absolute atomic E-state index is 8.72. The van der Waals surface area contributed by atoms with Gasteiger partial charge in [-0.05, 0) is 67.2 Å². The molecule has 0 aromatic rings. The third kappa shape index (κ3) is 21.2. The Hall–Kier alpha value is -1.12. The van der Waals surface area contributed by atoms with Gasteiger partial charge in [-0.25, -0.2) is 0 Å². The Morgan fingerprint density at radius 2 is 1.00 bits per heavy atom. The predicted molar refractivity (Wildman–Crippen MR) is 99.0 cm³/mol. The Balaban J connectivity index is 0. The Bertz CT molecular complexity index is 377. The predicted octanol–water partition coefficient (Wildman–Crippen LogP) is 5.34. The van der Waals surface area contributed by atoms with Gasteiger partial charge in [-0.1, -0.05) is 46.6 Å². The second-order valence-electron chi connectivity index (χ2n) is 6.11. The van der Waals surface area contributed by atoms with E-state index in [1.54, 1.807) is 6.08 Å². The lowest BCUT2D eigenvalue weighted by Crippen LogP contribution is -1.82. The highest BCUT2D eigenvalue weighted by atomic mass is 16.3. The Morgan fingerprint density at radius 1 is 0.591 bits per heavy atom. The van der Waals surface area contributed by atoms with E-state index in [9.17, 15) is 0 Å². The normalized spacial score (nSPS) is 11.5. The summed E-state index contributed by atoms with van der Waals surface area (Å²) in [6, 6.07) is 0. The van der Waals surface area contributed by atoms with E-state index in [2.05, 4.69) is 39.8 Å². The first-order chi connectivity index (χ1) is 10.3. The highest BCUT2D eigenvalue weighted by Gasteiger charge is 1.91. The lowest BCUT2D eigenvalue weighted by atomic mass is 10.1. The molecule has 0 saturated heterocycles. The fourth-order valence-corrected chi connectivity index (χ4v) is 1.68. The summed E-state index contributed by atoms with van der Waals surface area (Å²) in [6.07, 6.45) is 12.7. The summed E-state index contributed by atoms with van der Waals surface area (Å²) in [7, 11) is 0. The maximum atomic E-state index is 8.72. The van der Waals surface area contributed by atoms with Gasteiger partial charge in [0.15, 0.2) is 0 Å². The molecule has 0 atom stereocenters. The molecule has 0 amide bonds. The van der Waals surface area contributed by atoms with Gasteiger partial charge in [-0.15, -0.1) is 0 Å². The number of rotatable bonds is 8. The van der Waals surface area contributed by atoms with Crippen molar-refractivity contribution in [3.8, 4) is 0 Å². The number of hydrogen-bond donors (Lipinski definition) is 2. The quantitative estimate of drug-likeness (QED) is 0.594. The van der Waals surface area contributed by atoms with Crippen LogP contribution in [0.25, 0.3) is 0 Å². The van der Waals surface area contributed by atoms with Gasteiger partial charge in [0.2, 0.25) is 0 Å². The van der Waals surface area contributed by atoms with Crippen LogP contribution in [0.4, 0.5) is 0 Å². The largest absolute Gasteiger partial charge is 0.392 e. The first-order valence-electron chi connectivity index (χ1n) is 8.13. The van der Waals surface area contributed by atoms with Crippen LogP contribution in [0.1, 0.15) is 67.2 Å². The topological polar surface area (TPSA) is 40.5 Å². The molecule has 0 aliphatic rings. The van der Waals surface area contributed by atoms with Crippen LogP contribution in [-0.4, -0.2) is 23.4 Å². The highest BCUT2D eigenvalue weighted by molar-refractivity contribution is 5.05. The van der Waals surface area contributed by atoms with Crippen LogP contribution in [0, 0.1) is 0 Å². The first-order valence-corrected chi connectivity index (χ1v) is 8.13. The van der Waals surface area contributed by atoms with Crippen LogP contribution in [0.5, 0.6) is 0 Å². The Morgan fingerprint density at radius 3 is 1.36 bits per heavy atom. The summed E-state index contributed by atoms with van der Waals surface area (Å²) in [6.45, 7) is 12.8. The molecule has 128 valence electrons. The molecule has 2 heteroatoms. The SMILES string of the molecule is CC(C)=CCCC(C)=CCCC(C)=CCO.CC(C)=CCO. The van der Waals surface area contributed by atoms with E-state index in [1.165, 1.54) is 16.7 Å². The van der Waals surface area contributed by atoms with Gasteiger partial charge in [0, 0.05) is 0 Å². The van der Waals surface area contributed by atoms with Gasteiger partial charge < -0.3 is 10.2 Å². The summed E-state index contributed by atoms with van der Waals surface area (Å²) in [5.41, 5.74) is 5.30. The molecule has 0 radical (unpaired) electrons. The summed E-state index contributed by atoms with van der Waals surface area (Å²) < 4.78 is 0. The van der Waals surface area contributed by atoms with Gasteiger partial charge in [-0.2, -0.15) is 0 Å². The maximum Gasteiger partial charge on any atom is 0.0614 e. The molecule has 2 N–H and O–H groups in total. The second-order valence-corrected chi connectivity index (χ2v) is 6.11. The molecule has 0 spiro atoms. The van der Waals surface area contributed by atoms with E-state index in [-0.39, 0.29) is 13.2 Å². The molecular formula is C20H36O2. The van der Waals surface area contributed by atoms with E-state index >= 15 is 0 Å². The minimum Gasteiger partial charge on any atom is -0.392 e. The zero-order chi connectivity index (χ0) is 17.4. The van der Waals surface area contributed by atoms with Gasteiger partial charge in [0.05, 0.1) is 13.2 Å². The molecule has 0 aliphatic carbocycles. The summed E-state index contributed by atoms with van der Waals surface area (Å²) in [5, 5.41) is 16.9. The molecule has 0 unspecified atom stereocenters. The van der Waals surface area contributed by atoms with Crippen molar-refractivity contribution < 1.29 is 10.2 Å². The highest BCUT2D eigenvalue weighted by Crippen LogP contribution is 2.11. The molecule has 0 saturated carbocycles. The molecule has 0 heterocycles. The van der Waals surface area contributed by atoms with Crippen molar-refractivity contribution in [2.45, 2.75) is 67.2 Å². The number of aliphatic hydroxyl groups excluding tert-OH is 2. The lowest BCUT2D eigenvalue weighted by molar-refractivity contribution is 0.341. The number of hydrogen-bond acceptors (Lipinski definition) is 2. The first kappa shape index (κ1) is 23.2. The zero-order valence-electron chi connectivity index (χ0n) is 15.4. The molecule has 2 nitrogen and oxygen atoms in total. The standard InChI is InChI=1S/C15H26O.C5H10O/c1-13(2)7-5-8-14(3)9-6-10-15(4)11-12-16;1-5(2)3-4-6/h7,9,11,16H,5-6,8,10,12H2,1-4H3;3,6H,4H2,1-2H3. The molecule has 0 aromatic carbocycles. The van der Waals surface area contributed by atoms with Crippen LogP contribution in [0.15, 0.2) is 46.6 Å². The van der Waals surface area contributed by atoms with Crippen molar-refractivity contribution in [3.63, 3.8) is 0 Å². The van der Waals surface area contributed by atoms with Gasteiger partial charge in [-0.3, -0.25) is 0 Å². The van der Waals surface area contributed by atoms with Crippen molar-refractivity contribution >= 4 is 0 Å². The van der Waals surface area contributed by atoms with Crippen LogP contribution >= 0.6 is 0 Å². The van der Waals surface area contributed by atoms with Crippen LogP contribution in [-0.2, 0) is 0 Å². The summed E-state index contributed by atoms with van der Waals surface area (Å²) in [4.78, 5) is 0. The van der Waals surface area contributed by atoms with E-state index < -0.39 is 0 Å². The smallest absolute Gasteiger partial charge is 0.0614 e. The number of aliphatic hydroxyl groups is 2. The van der Waals surface area contributed by atoms with Crippen molar-refractivity contribution in [2.24, 2.45) is 0 Å². The van der Waals surface area contributed by atoms with Crippen molar-refractivity contribution in [1.29, 1.82) is 0 Å². The van der Waals surface area contributed by atoms with Crippen LogP contribution in [0.2, 0.25) is 0 Å². The van der Waals surface area contributed by atoms with Crippen molar-refractivity contribution in [2.75, 3.05) is 13.2 Å². The minimum absolute atomic E-state index is 0.162. The molecular weight excluding hydrogens is 272 g/mol.